The van der Waals surface area contributed by atoms with Gasteiger partial charge in [0.25, 0.3) is 0 Å². The summed E-state index contributed by atoms with van der Waals surface area (Å²) in [6, 6.07) is 9.43. The Hall–Kier alpha value is -2.49. The minimum atomic E-state index is -3.67. The molecular weight excluding hydrogens is 442 g/mol. The molecule has 0 radical (unpaired) electrons. The van der Waals surface area contributed by atoms with Gasteiger partial charge in [-0.15, -0.1) is 0 Å². The fourth-order valence-corrected chi connectivity index (χ4v) is 4.90. The molecule has 1 aliphatic heterocycles. The molecule has 3 rings (SSSR count). The number of fused-ring (bicyclic) bond motifs is 1. The number of hydrogen-bond acceptors (Lipinski definition) is 5. The first-order chi connectivity index (χ1) is 14.8. The minimum Gasteiger partial charge on any atom is -0.454 e. The zero-order valence-electron chi connectivity index (χ0n) is 17.7. The lowest BCUT2D eigenvalue weighted by molar-refractivity contribution is 0.174. The normalized spacial score (nSPS) is 12.8. The number of sulfonamides is 1. The predicted molar refractivity (Wildman–Crippen MR) is 119 cm³/mol. The van der Waals surface area contributed by atoms with Gasteiger partial charge in [-0.05, 0) is 42.8 Å². The Balaban J connectivity index is 1.78. The Morgan fingerprint density at radius 1 is 1.03 bits per heavy atom. The highest BCUT2D eigenvalue weighted by Crippen LogP contribution is 2.33. The second-order valence-electron chi connectivity index (χ2n) is 6.86. The van der Waals surface area contributed by atoms with E-state index in [1.807, 2.05) is 25.1 Å². The number of rotatable bonds is 8. The minimum absolute atomic E-state index is 0.0784. The van der Waals surface area contributed by atoms with Gasteiger partial charge in [0.2, 0.25) is 16.8 Å². The molecule has 1 heterocycles. The summed E-state index contributed by atoms with van der Waals surface area (Å²) < 4.78 is 37.7. The van der Waals surface area contributed by atoms with Crippen molar-refractivity contribution in [3.8, 4) is 11.5 Å². The fraction of sp³-hybridized carbons (Fsp3) is 0.381. The van der Waals surface area contributed by atoms with E-state index in [9.17, 15) is 13.2 Å². The quantitative estimate of drug-likeness (QED) is 0.630. The van der Waals surface area contributed by atoms with Gasteiger partial charge in [-0.3, -0.25) is 0 Å². The van der Waals surface area contributed by atoms with Crippen molar-refractivity contribution >= 4 is 33.3 Å². The van der Waals surface area contributed by atoms with Crippen molar-refractivity contribution in [1.82, 2.24) is 9.21 Å². The first-order valence-corrected chi connectivity index (χ1v) is 11.9. The molecule has 0 aromatic heterocycles. The lowest BCUT2D eigenvalue weighted by Gasteiger charge is -2.23. The van der Waals surface area contributed by atoms with Crippen molar-refractivity contribution in [2.24, 2.45) is 0 Å². The van der Waals surface area contributed by atoms with Crippen LogP contribution >= 0.6 is 11.6 Å². The molecule has 0 aliphatic carbocycles. The van der Waals surface area contributed by atoms with Crippen LogP contribution in [0.15, 0.2) is 41.3 Å². The lowest BCUT2D eigenvalue weighted by Crippen LogP contribution is -2.34. The maximum Gasteiger partial charge on any atom is 0.322 e. The van der Waals surface area contributed by atoms with Crippen LogP contribution in [0.5, 0.6) is 11.5 Å². The van der Waals surface area contributed by atoms with E-state index in [0.717, 1.165) is 5.56 Å². The van der Waals surface area contributed by atoms with Gasteiger partial charge in [0, 0.05) is 26.2 Å². The summed E-state index contributed by atoms with van der Waals surface area (Å²) in [4.78, 5) is 14.5. The molecule has 0 bridgehead atoms. The highest BCUT2D eigenvalue weighted by Gasteiger charge is 2.23. The monoisotopic (exact) mass is 467 g/mol. The van der Waals surface area contributed by atoms with E-state index in [1.165, 1.54) is 22.5 Å². The largest absolute Gasteiger partial charge is 0.454 e. The first-order valence-electron chi connectivity index (χ1n) is 10.0. The summed E-state index contributed by atoms with van der Waals surface area (Å²) in [6.07, 6.45) is 0. The molecule has 2 aromatic carbocycles. The number of urea groups is 1. The van der Waals surface area contributed by atoms with E-state index >= 15 is 0 Å². The summed E-state index contributed by atoms with van der Waals surface area (Å²) in [5, 5.41) is 2.99. The van der Waals surface area contributed by atoms with E-state index < -0.39 is 10.0 Å². The average Bonchev–Trinajstić information content (AvgIpc) is 3.21. The molecule has 2 aromatic rings. The molecular formula is C21H26ClN3O5S. The molecule has 0 saturated heterocycles. The molecule has 0 fully saturated rings. The number of carbonyl (C=O) groups is 1. The van der Waals surface area contributed by atoms with Gasteiger partial charge < -0.3 is 19.7 Å². The number of anilines is 1. The van der Waals surface area contributed by atoms with E-state index in [2.05, 4.69) is 5.32 Å². The summed E-state index contributed by atoms with van der Waals surface area (Å²) in [5.74, 6) is 1.32. The second-order valence-corrected chi connectivity index (χ2v) is 9.21. The van der Waals surface area contributed by atoms with Crippen molar-refractivity contribution in [3.05, 3.63) is 47.0 Å². The Morgan fingerprint density at radius 2 is 1.74 bits per heavy atom. The molecule has 1 aliphatic rings. The number of benzene rings is 2. The molecule has 31 heavy (non-hydrogen) atoms. The van der Waals surface area contributed by atoms with Crippen LogP contribution in [0, 0.1) is 0 Å². The van der Waals surface area contributed by atoms with Gasteiger partial charge in [-0.25, -0.2) is 13.2 Å². The maximum atomic E-state index is 12.9. The number of nitrogens with zero attached hydrogens (tertiary/aromatic N) is 2. The van der Waals surface area contributed by atoms with E-state index in [1.54, 1.807) is 18.7 Å². The smallest absolute Gasteiger partial charge is 0.322 e. The topological polar surface area (TPSA) is 88.2 Å². The molecule has 10 heteroatoms. The lowest BCUT2D eigenvalue weighted by atomic mass is 10.2. The van der Waals surface area contributed by atoms with Gasteiger partial charge in [-0.1, -0.05) is 31.5 Å². The van der Waals surface area contributed by atoms with E-state index in [-0.39, 0.29) is 28.4 Å². The van der Waals surface area contributed by atoms with Gasteiger partial charge in [0.1, 0.15) is 0 Å². The van der Waals surface area contributed by atoms with Crippen LogP contribution in [0.4, 0.5) is 10.5 Å². The zero-order valence-corrected chi connectivity index (χ0v) is 19.3. The molecule has 0 spiro atoms. The van der Waals surface area contributed by atoms with E-state index in [0.29, 0.717) is 37.7 Å². The van der Waals surface area contributed by atoms with Crippen LogP contribution in [-0.4, -0.2) is 50.1 Å². The fourth-order valence-electron chi connectivity index (χ4n) is 3.25. The number of amides is 2. The molecule has 8 nitrogen and oxygen atoms in total. The Kier molecular flexibility index (Phi) is 7.30. The summed E-state index contributed by atoms with van der Waals surface area (Å²) in [6.45, 7) is 7.06. The molecule has 0 atom stereocenters. The van der Waals surface area contributed by atoms with Crippen LogP contribution in [0.25, 0.3) is 0 Å². The van der Waals surface area contributed by atoms with Crippen molar-refractivity contribution in [2.75, 3.05) is 31.7 Å². The summed E-state index contributed by atoms with van der Waals surface area (Å²) in [7, 11) is -3.67. The van der Waals surface area contributed by atoms with Crippen LogP contribution in [0.1, 0.15) is 26.3 Å². The predicted octanol–water partition coefficient (Wildman–Crippen LogP) is 4.15. The Morgan fingerprint density at radius 3 is 2.42 bits per heavy atom. The number of carbonyl (C=O) groups excluding carboxylic acids is 1. The summed E-state index contributed by atoms with van der Waals surface area (Å²) in [5.41, 5.74) is 1.12. The average molecular weight is 468 g/mol. The number of ether oxygens (including phenoxy) is 2. The highest BCUT2D eigenvalue weighted by atomic mass is 35.5. The van der Waals surface area contributed by atoms with Gasteiger partial charge in [0.05, 0.1) is 15.6 Å². The van der Waals surface area contributed by atoms with Crippen molar-refractivity contribution < 1.29 is 22.7 Å². The zero-order chi connectivity index (χ0) is 22.6. The third-order valence-electron chi connectivity index (χ3n) is 5.00. The van der Waals surface area contributed by atoms with Crippen LogP contribution < -0.4 is 14.8 Å². The van der Waals surface area contributed by atoms with Crippen LogP contribution in [0.2, 0.25) is 5.02 Å². The molecule has 168 valence electrons. The molecule has 0 unspecified atom stereocenters. The number of nitrogens with one attached hydrogen (secondary N) is 1. The van der Waals surface area contributed by atoms with E-state index in [4.69, 9.17) is 21.1 Å². The number of hydrogen-bond donors (Lipinski definition) is 1. The van der Waals surface area contributed by atoms with Crippen LogP contribution in [0.3, 0.4) is 0 Å². The SMILES string of the molecule is CCN(Cc1ccc2c(c1)OCO2)C(=O)Nc1cc(S(=O)(=O)N(CC)CC)ccc1Cl. The van der Waals surface area contributed by atoms with Crippen molar-refractivity contribution in [1.29, 1.82) is 0 Å². The Bertz CT molecular complexity index is 1060. The first kappa shape index (κ1) is 23.2. The van der Waals surface area contributed by atoms with Crippen LogP contribution in [-0.2, 0) is 16.6 Å². The standard InChI is InChI=1S/C21H26ClN3O5S/c1-4-24(13-15-7-10-19-20(11-15)30-14-29-19)21(26)23-18-12-16(8-9-17(18)22)31(27,28)25(5-2)6-3/h7-12H,4-6,13-14H2,1-3H3,(H,23,26). The highest BCUT2D eigenvalue weighted by molar-refractivity contribution is 7.89. The molecule has 0 saturated carbocycles. The summed E-state index contributed by atoms with van der Waals surface area (Å²) >= 11 is 6.24. The maximum absolute atomic E-state index is 12.9. The van der Waals surface area contributed by atoms with Gasteiger partial charge in [-0.2, -0.15) is 4.31 Å². The molecule has 2 amide bonds. The second kappa shape index (κ2) is 9.76. The number of halogens is 1. The van der Waals surface area contributed by atoms with Crippen molar-refractivity contribution in [3.63, 3.8) is 0 Å². The third-order valence-corrected chi connectivity index (χ3v) is 7.38. The van der Waals surface area contributed by atoms with Crippen molar-refractivity contribution in [2.45, 2.75) is 32.2 Å². The van der Waals surface area contributed by atoms with Gasteiger partial charge in [0.15, 0.2) is 11.5 Å². The van der Waals surface area contributed by atoms with Gasteiger partial charge >= 0.3 is 6.03 Å². The Labute approximate surface area is 187 Å². The third kappa shape index (κ3) is 5.06. The molecule has 1 N–H and O–H groups in total.